The minimum Gasteiger partial charge on any atom is -0.325 e. The van der Waals surface area contributed by atoms with E-state index in [2.05, 4.69) is 11.1 Å². The van der Waals surface area contributed by atoms with Crippen LogP contribution in [-0.4, -0.2) is 33.9 Å². The van der Waals surface area contributed by atoms with Crippen LogP contribution in [0.4, 0.5) is 4.79 Å². The van der Waals surface area contributed by atoms with E-state index < -0.39 is 0 Å². The van der Waals surface area contributed by atoms with Crippen molar-refractivity contribution in [2.24, 2.45) is 0 Å². The third kappa shape index (κ3) is 3.93. The Morgan fingerprint density at radius 2 is 1.79 bits per heavy atom. The smallest absolute Gasteiger partial charge is 0.320 e. The summed E-state index contributed by atoms with van der Waals surface area (Å²) < 4.78 is 0. The number of hydrogen-bond acceptors (Lipinski definition) is 2. The summed E-state index contributed by atoms with van der Waals surface area (Å²) >= 11 is 0. The first-order valence-electron chi connectivity index (χ1n) is 9.80. The van der Waals surface area contributed by atoms with Gasteiger partial charge in [-0.1, -0.05) is 42.0 Å². The molecule has 1 fully saturated rings. The number of aryl methyl sites for hydroxylation is 1. The molecule has 1 saturated heterocycles. The Labute approximate surface area is 164 Å². The molecular formula is C23H25N3O2. The van der Waals surface area contributed by atoms with Crippen molar-refractivity contribution in [3.8, 4) is 0 Å². The lowest BCUT2D eigenvalue weighted by Crippen LogP contribution is -2.41. The lowest BCUT2D eigenvalue weighted by atomic mass is 10.1. The average Bonchev–Trinajstić information content (AvgIpc) is 3.23. The second-order valence-corrected chi connectivity index (χ2v) is 7.53. The molecular weight excluding hydrogens is 350 g/mol. The molecule has 4 rings (SSSR count). The predicted octanol–water partition coefficient (Wildman–Crippen LogP) is 4.05. The van der Waals surface area contributed by atoms with Gasteiger partial charge in [0.2, 0.25) is 0 Å². The lowest BCUT2D eigenvalue weighted by molar-refractivity contribution is 0.156. The predicted molar refractivity (Wildman–Crippen MR) is 111 cm³/mol. The molecule has 2 aromatic carbocycles. The van der Waals surface area contributed by atoms with E-state index in [-0.39, 0.29) is 11.6 Å². The third-order valence-electron chi connectivity index (χ3n) is 5.30. The molecule has 0 spiro atoms. The zero-order valence-electron chi connectivity index (χ0n) is 16.1. The standard InChI is InChI=1S/C23H25N3O2/c1-17-9-10-21-19(13-17)14-20(22(27)24-21)16-26(15-18-7-3-2-4-8-18)23(28)25-11-5-6-12-25/h2-4,7-10,13-14H,5-6,11-12,15-16H2,1H3,(H,24,27). The number of H-pyrrole nitrogens is 1. The van der Waals surface area contributed by atoms with E-state index in [1.807, 2.05) is 60.4 Å². The summed E-state index contributed by atoms with van der Waals surface area (Å²) in [6, 6.07) is 17.8. The Bertz CT molecular complexity index is 1040. The number of pyridine rings is 1. The van der Waals surface area contributed by atoms with Crippen LogP contribution in [0.2, 0.25) is 0 Å². The molecule has 0 radical (unpaired) electrons. The Hall–Kier alpha value is -3.08. The first kappa shape index (κ1) is 18.3. The van der Waals surface area contributed by atoms with Gasteiger partial charge in [0.05, 0.1) is 6.54 Å². The number of nitrogens with zero attached hydrogens (tertiary/aromatic N) is 2. The number of urea groups is 1. The maximum absolute atomic E-state index is 13.1. The van der Waals surface area contributed by atoms with E-state index in [0.717, 1.165) is 48.0 Å². The molecule has 0 aliphatic carbocycles. The van der Waals surface area contributed by atoms with Crippen molar-refractivity contribution >= 4 is 16.9 Å². The molecule has 1 aliphatic rings. The largest absolute Gasteiger partial charge is 0.325 e. The Balaban J connectivity index is 1.66. The van der Waals surface area contributed by atoms with Gasteiger partial charge in [-0.25, -0.2) is 4.79 Å². The van der Waals surface area contributed by atoms with Crippen molar-refractivity contribution in [3.63, 3.8) is 0 Å². The third-order valence-corrected chi connectivity index (χ3v) is 5.30. The van der Waals surface area contributed by atoms with Crippen LogP contribution in [0.3, 0.4) is 0 Å². The highest BCUT2D eigenvalue weighted by atomic mass is 16.2. The molecule has 0 atom stereocenters. The second-order valence-electron chi connectivity index (χ2n) is 7.53. The molecule has 1 aromatic heterocycles. The van der Waals surface area contributed by atoms with E-state index in [1.165, 1.54) is 0 Å². The molecule has 2 amide bonds. The summed E-state index contributed by atoms with van der Waals surface area (Å²) in [6.45, 7) is 4.39. The highest BCUT2D eigenvalue weighted by Gasteiger charge is 2.24. The molecule has 0 bridgehead atoms. The summed E-state index contributed by atoms with van der Waals surface area (Å²) in [4.78, 5) is 32.4. The minimum absolute atomic E-state index is 0.00472. The van der Waals surface area contributed by atoms with Crippen molar-refractivity contribution in [2.45, 2.75) is 32.9 Å². The summed E-state index contributed by atoms with van der Waals surface area (Å²) in [5.74, 6) is 0. The normalized spacial score (nSPS) is 13.8. The number of aromatic nitrogens is 1. The van der Waals surface area contributed by atoms with E-state index >= 15 is 0 Å². The van der Waals surface area contributed by atoms with Gasteiger partial charge in [-0.3, -0.25) is 4.79 Å². The number of aromatic amines is 1. The van der Waals surface area contributed by atoms with Crippen LogP contribution in [0.5, 0.6) is 0 Å². The van der Waals surface area contributed by atoms with Crippen molar-refractivity contribution in [1.29, 1.82) is 0 Å². The van der Waals surface area contributed by atoms with Gasteiger partial charge >= 0.3 is 6.03 Å². The number of rotatable bonds is 4. The number of likely N-dealkylation sites (tertiary alicyclic amines) is 1. The van der Waals surface area contributed by atoms with Gasteiger partial charge in [-0.05, 0) is 48.9 Å². The number of nitrogens with one attached hydrogen (secondary N) is 1. The van der Waals surface area contributed by atoms with Crippen molar-refractivity contribution < 1.29 is 4.79 Å². The zero-order chi connectivity index (χ0) is 19.5. The van der Waals surface area contributed by atoms with E-state index in [1.54, 1.807) is 4.90 Å². The van der Waals surface area contributed by atoms with Gasteiger partial charge in [-0.15, -0.1) is 0 Å². The number of carbonyl (C=O) groups is 1. The molecule has 3 aromatic rings. The van der Waals surface area contributed by atoms with Crippen LogP contribution in [0.25, 0.3) is 10.9 Å². The van der Waals surface area contributed by atoms with Crippen molar-refractivity contribution in [2.75, 3.05) is 13.1 Å². The highest BCUT2D eigenvalue weighted by molar-refractivity contribution is 5.80. The first-order valence-corrected chi connectivity index (χ1v) is 9.80. The molecule has 144 valence electrons. The molecule has 28 heavy (non-hydrogen) atoms. The van der Waals surface area contributed by atoms with Crippen molar-refractivity contribution in [3.05, 3.63) is 81.6 Å². The van der Waals surface area contributed by atoms with Crippen molar-refractivity contribution in [1.82, 2.24) is 14.8 Å². The first-order chi connectivity index (χ1) is 13.6. The number of hydrogen-bond donors (Lipinski definition) is 1. The summed E-state index contributed by atoms with van der Waals surface area (Å²) in [5, 5.41) is 0.989. The average molecular weight is 375 g/mol. The van der Waals surface area contributed by atoms with Crippen LogP contribution < -0.4 is 5.56 Å². The lowest BCUT2D eigenvalue weighted by Gasteiger charge is -2.28. The number of benzene rings is 2. The van der Waals surface area contributed by atoms with Gasteiger partial charge in [0.25, 0.3) is 5.56 Å². The van der Waals surface area contributed by atoms with Gasteiger partial charge in [0.1, 0.15) is 0 Å². The van der Waals surface area contributed by atoms with Gasteiger partial charge in [0, 0.05) is 30.7 Å². The van der Waals surface area contributed by atoms with Gasteiger partial charge in [0.15, 0.2) is 0 Å². The Morgan fingerprint density at radius 1 is 1.04 bits per heavy atom. The molecule has 1 aliphatic heterocycles. The maximum Gasteiger partial charge on any atom is 0.320 e. The maximum atomic E-state index is 13.1. The summed E-state index contributed by atoms with van der Waals surface area (Å²) in [6.07, 6.45) is 2.08. The van der Waals surface area contributed by atoms with Crippen LogP contribution >= 0.6 is 0 Å². The summed E-state index contributed by atoms with van der Waals surface area (Å²) in [7, 11) is 0. The number of amides is 2. The Morgan fingerprint density at radius 3 is 2.54 bits per heavy atom. The molecule has 0 saturated carbocycles. The topological polar surface area (TPSA) is 56.4 Å². The monoisotopic (exact) mass is 375 g/mol. The molecule has 1 N–H and O–H groups in total. The minimum atomic E-state index is -0.136. The molecule has 2 heterocycles. The second kappa shape index (κ2) is 7.89. The van der Waals surface area contributed by atoms with Crippen LogP contribution in [0.15, 0.2) is 59.4 Å². The SMILES string of the molecule is Cc1ccc2[nH]c(=O)c(CN(Cc3ccccc3)C(=O)N3CCCC3)cc2c1. The number of fused-ring (bicyclic) bond motifs is 1. The quantitative estimate of drug-likeness (QED) is 0.748. The van der Waals surface area contributed by atoms with Crippen LogP contribution in [0.1, 0.15) is 29.5 Å². The van der Waals surface area contributed by atoms with Gasteiger partial charge in [-0.2, -0.15) is 0 Å². The van der Waals surface area contributed by atoms with Gasteiger partial charge < -0.3 is 14.8 Å². The number of carbonyl (C=O) groups excluding carboxylic acids is 1. The molecule has 5 nitrogen and oxygen atoms in total. The van der Waals surface area contributed by atoms with Crippen LogP contribution in [-0.2, 0) is 13.1 Å². The van der Waals surface area contributed by atoms with E-state index in [9.17, 15) is 9.59 Å². The molecule has 5 heteroatoms. The zero-order valence-corrected chi connectivity index (χ0v) is 16.1. The fraction of sp³-hybridized carbons (Fsp3) is 0.304. The van der Waals surface area contributed by atoms with Crippen LogP contribution in [0, 0.1) is 6.92 Å². The highest BCUT2D eigenvalue weighted by Crippen LogP contribution is 2.18. The fourth-order valence-electron chi connectivity index (χ4n) is 3.80. The molecule has 0 unspecified atom stereocenters. The Kier molecular flexibility index (Phi) is 5.15. The van der Waals surface area contributed by atoms with E-state index in [0.29, 0.717) is 18.7 Å². The fourth-order valence-corrected chi connectivity index (χ4v) is 3.80. The summed E-state index contributed by atoms with van der Waals surface area (Å²) in [5.41, 5.74) is 3.49. The van der Waals surface area contributed by atoms with E-state index in [4.69, 9.17) is 0 Å².